The number of amides is 2. The van der Waals surface area contributed by atoms with Gasteiger partial charge >= 0.3 is 6.03 Å². The lowest BCUT2D eigenvalue weighted by molar-refractivity contribution is 0.213. The summed E-state index contributed by atoms with van der Waals surface area (Å²) in [5.74, 6) is 0.556. The van der Waals surface area contributed by atoms with Crippen LogP contribution in [0.25, 0.3) is 0 Å². The lowest BCUT2D eigenvalue weighted by Crippen LogP contribution is -2.46. The molecule has 4 heteroatoms. The molecule has 0 spiro atoms. The van der Waals surface area contributed by atoms with Gasteiger partial charge in [-0.05, 0) is 36.3 Å². The smallest absolute Gasteiger partial charge is 0.315 e. The van der Waals surface area contributed by atoms with Crippen LogP contribution >= 0.6 is 0 Å². The molecule has 0 radical (unpaired) electrons. The summed E-state index contributed by atoms with van der Waals surface area (Å²) in [6, 6.07) is 19.3. The van der Waals surface area contributed by atoms with Crippen molar-refractivity contribution in [1.82, 2.24) is 10.6 Å². The van der Waals surface area contributed by atoms with E-state index in [1.54, 1.807) is 0 Å². The van der Waals surface area contributed by atoms with Gasteiger partial charge in [-0.2, -0.15) is 0 Å². The lowest BCUT2D eigenvalue weighted by Gasteiger charge is -2.22. The van der Waals surface area contributed by atoms with Gasteiger partial charge in [-0.1, -0.05) is 60.7 Å². The Bertz CT molecular complexity index is 641. The molecule has 0 aliphatic heterocycles. The van der Waals surface area contributed by atoms with Gasteiger partial charge in [-0.15, -0.1) is 0 Å². The number of hydrogen-bond donors (Lipinski definition) is 3. The first-order valence-electron chi connectivity index (χ1n) is 8.53. The monoisotopic (exact) mass is 324 g/mol. The van der Waals surface area contributed by atoms with Crippen molar-refractivity contribution in [2.75, 3.05) is 6.61 Å². The Morgan fingerprint density at radius 3 is 2.21 bits per heavy atom. The van der Waals surface area contributed by atoms with Gasteiger partial charge in [-0.25, -0.2) is 4.79 Å². The van der Waals surface area contributed by atoms with Crippen LogP contribution in [0.3, 0.4) is 0 Å². The maximum atomic E-state index is 12.4. The number of carbonyl (C=O) groups is 1. The number of carbonyl (C=O) groups excluding carboxylic acids is 1. The molecule has 2 aromatic carbocycles. The highest BCUT2D eigenvalue weighted by Crippen LogP contribution is 2.34. The van der Waals surface area contributed by atoms with Crippen molar-refractivity contribution in [3.05, 3.63) is 71.8 Å². The third-order valence-electron chi connectivity index (χ3n) is 4.50. The van der Waals surface area contributed by atoms with Gasteiger partial charge in [0.05, 0.1) is 12.6 Å². The molecule has 0 bridgehead atoms. The molecular formula is C20H24N2O2. The maximum Gasteiger partial charge on any atom is 0.315 e. The van der Waals surface area contributed by atoms with Gasteiger partial charge in [0.2, 0.25) is 0 Å². The van der Waals surface area contributed by atoms with Crippen LogP contribution in [-0.4, -0.2) is 23.8 Å². The zero-order valence-corrected chi connectivity index (χ0v) is 13.7. The molecule has 0 aromatic heterocycles. The molecule has 2 unspecified atom stereocenters. The normalized spacial score (nSPS) is 16.2. The fourth-order valence-corrected chi connectivity index (χ4v) is 2.99. The molecule has 24 heavy (non-hydrogen) atoms. The Hall–Kier alpha value is -2.33. The minimum absolute atomic E-state index is 0.121. The van der Waals surface area contributed by atoms with Crippen LogP contribution in [0.5, 0.6) is 0 Å². The summed E-state index contributed by atoms with van der Waals surface area (Å²) in [4.78, 5) is 12.4. The summed E-state index contributed by atoms with van der Waals surface area (Å²) in [5.41, 5.74) is 2.14. The summed E-state index contributed by atoms with van der Waals surface area (Å²) in [6.45, 7) is -0.121. The number of nitrogens with one attached hydrogen (secondary N) is 2. The average Bonchev–Trinajstić information content (AvgIpc) is 3.46. The van der Waals surface area contributed by atoms with E-state index in [4.69, 9.17) is 0 Å². The predicted octanol–water partition coefficient (Wildman–Crippen LogP) is 3.04. The standard InChI is InChI=1S/C20H24N2O2/c23-14-19(16-9-5-2-6-10-16)22-20(24)21-18(17-11-12-17)13-15-7-3-1-4-8-15/h1-10,17-19,23H,11-14H2,(H2,21,22,24). The molecule has 2 amide bonds. The second-order valence-electron chi connectivity index (χ2n) is 6.40. The minimum atomic E-state index is -0.386. The summed E-state index contributed by atoms with van der Waals surface area (Å²) in [6.07, 6.45) is 3.17. The van der Waals surface area contributed by atoms with Gasteiger partial charge in [0.15, 0.2) is 0 Å². The van der Waals surface area contributed by atoms with E-state index >= 15 is 0 Å². The quantitative estimate of drug-likeness (QED) is 0.733. The first-order valence-corrected chi connectivity index (χ1v) is 8.53. The van der Waals surface area contributed by atoms with Crippen LogP contribution in [0.1, 0.15) is 30.0 Å². The number of hydrogen-bond acceptors (Lipinski definition) is 2. The molecule has 0 heterocycles. The number of benzene rings is 2. The van der Waals surface area contributed by atoms with Crippen molar-refractivity contribution >= 4 is 6.03 Å². The van der Waals surface area contributed by atoms with Crippen LogP contribution in [0.15, 0.2) is 60.7 Å². The van der Waals surface area contributed by atoms with Crippen molar-refractivity contribution in [3.8, 4) is 0 Å². The number of aliphatic hydroxyl groups is 1. The summed E-state index contributed by atoms with van der Waals surface area (Å²) >= 11 is 0. The largest absolute Gasteiger partial charge is 0.394 e. The fraction of sp³-hybridized carbons (Fsp3) is 0.350. The molecule has 0 saturated heterocycles. The summed E-state index contributed by atoms with van der Waals surface area (Å²) in [5, 5.41) is 15.6. The molecule has 2 aromatic rings. The van der Waals surface area contributed by atoms with E-state index < -0.39 is 0 Å². The van der Waals surface area contributed by atoms with Crippen LogP contribution in [0.2, 0.25) is 0 Å². The van der Waals surface area contributed by atoms with E-state index in [1.807, 2.05) is 48.5 Å². The second-order valence-corrected chi connectivity index (χ2v) is 6.40. The molecule has 2 atom stereocenters. The van der Waals surface area contributed by atoms with Crippen LogP contribution in [-0.2, 0) is 6.42 Å². The van der Waals surface area contributed by atoms with Gasteiger partial charge in [-0.3, -0.25) is 0 Å². The highest BCUT2D eigenvalue weighted by molar-refractivity contribution is 5.75. The fourth-order valence-electron chi connectivity index (χ4n) is 2.99. The van der Waals surface area contributed by atoms with Gasteiger partial charge in [0.1, 0.15) is 0 Å². The molecule has 1 fully saturated rings. The second kappa shape index (κ2) is 7.97. The number of aliphatic hydroxyl groups excluding tert-OH is 1. The number of urea groups is 1. The highest BCUT2D eigenvalue weighted by Gasteiger charge is 2.32. The minimum Gasteiger partial charge on any atom is -0.394 e. The van der Waals surface area contributed by atoms with Crippen molar-refractivity contribution in [2.24, 2.45) is 5.92 Å². The summed E-state index contributed by atoms with van der Waals surface area (Å²) in [7, 11) is 0. The average molecular weight is 324 g/mol. The van der Waals surface area contributed by atoms with Crippen molar-refractivity contribution in [1.29, 1.82) is 0 Å². The Kier molecular flexibility index (Phi) is 5.49. The van der Waals surface area contributed by atoms with E-state index in [0.29, 0.717) is 5.92 Å². The first kappa shape index (κ1) is 16.5. The van der Waals surface area contributed by atoms with E-state index in [1.165, 1.54) is 18.4 Å². The van der Waals surface area contributed by atoms with E-state index in [9.17, 15) is 9.90 Å². The molecule has 126 valence electrons. The van der Waals surface area contributed by atoms with Crippen LogP contribution in [0, 0.1) is 5.92 Å². The molecule has 3 N–H and O–H groups in total. The van der Waals surface area contributed by atoms with Crippen LogP contribution in [0.4, 0.5) is 4.79 Å². The highest BCUT2D eigenvalue weighted by atomic mass is 16.3. The van der Waals surface area contributed by atoms with E-state index in [2.05, 4.69) is 22.8 Å². The Morgan fingerprint density at radius 2 is 1.62 bits per heavy atom. The molecule has 1 saturated carbocycles. The molecular weight excluding hydrogens is 300 g/mol. The zero-order chi connectivity index (χ0) is 16.8. The lowest BCUT2D eigenvalue weighted by atomic mass is 10.0. The van der Waals surface area contributed by atoms with Crippen LogP contribution < -0.4 is 10.6 Å². The predicted molar refractivity (Wildman–Crippen MR) is 94.6 cm³/mol. The number of rotatable bonds is 7. The van der Waals surface area contributed by atoms with E-state index in [-0.39, 0.29) is 24.7 Å². The van der Waals surface area contributed by atoms with Gasteiger partial charge < -0.3 is 15.7 Å². The summed E-state index contributed by atoms with van der Waals surface area (Å²) < 4.78 is 0. The van der Waals surface area contributed by atoms with Gasteiger partial charge in [0.25, 0.3) is 0 Å². The Labute approximate surface area is 142 Å². The van der Waals surface area contributed by atoms with E-state index in [0.717, 1.165) is 12.0 Å². The topological polar surface area (TPSA) is 61.4 Å². The maximum absolute atomic E-state index is 12.4. The molecule has 1 aliphatic carbocycles. The van der Waals surface area contributed by atoms with Gasteiger partial charge in [0, 0.05) is 6.04 Å². The van der Waals surface area contributed by atoms with Crippen molar-refractivity contribution < 1.29 is 9.90 Å². The SMILES string of the molecule is O=C(NC(CO)c1ccccc1)NC(Cc1ccccc1)C1CC1. The molecule has 1 aliphatic rings. The molecule has 3 rings (SSSR count). The third kappa shape index (κ3) is 4.59. The zero-order valence-electron chi connectivity index (χ0n) is 13.7. The first-order chi connectivity index (χ1) is 11.8. The molecule has 4 nitrogen and oxygen atoms in total. The Balaban J connectivity index is 1.59. The third-order valence-corrected chi connectivity index (χ3v) is 4.50. The van der Waals surface area contributed by atoms with Crippen molar-refractivity contribution in [3.63, 3.8) is 0 Å². The van der Waals surface area contributed by atoms with Crippen molar-refractivity contribution in [2.45, 2.75) is 31.3 Å². The Morgan fingerprint density at radius 1 is 1.00 bits per heavy atom.